The summed E-state index contributed by atoms with van der Waals surface area (Å²) in [5, 5.41) is -0.620. The van der Waals surface area contributed by atoms with E-state index in [0.717, 1.165) is 23.4 Å². The molecule has 0 spiro atoms. The quantitative estimate of drug-likeness (QED) is 0.202. The number of aromatic nitrogens is 2. The van der Waals surface area contributed by atoms with Crippen LogP contribution in [0.1, 0.15) is 60.7 Å². The average Bonchev–Trinajstić information content (AvgIpc) is 3.19. The molecular weight excluding hydrogens is 623 g/mol. The van der Waals surface area contributed by atoms with Crippen molar-refractivity contribution in [3.05, 3.63) is 70.3 Å². The Labute approximate surface area is 247 Å². The Balaban J connectivity index is 1.82. The molecule has 2 heterocycles. The van der Waals surface area contributed by atoms with Crippen molar-refractivity contribution in [2.24, 2.45) is 0 Å². The van der Waals surface area contributed by atoms with Gasteiger partial charge in [-0.1, -0.05) is 13.8 Å². The van der Waals surface area contributed by atoms with E-state index in [4.69, 9.17) is 9.47 Å². The first-order valence-corrected chi connectivity index (χ1v) is 14.8. The van der Waals surface area contributed by atoms with Crippen molar-refractivity contribution in [3.63, 3.8) is 0 Å². The lowest BCUT2D eigenvalue weighted by atomic mass is 9.95. The summed E-state index contributed by atoms with van der Waals surface area (Å²) in [7, 11) is -2.71. The van der Waals surface area contributed by atoms with Crippen LogP contribution in [0.15, 0.2) is 41.7 Å². The first-order chi connectivity index (χ1) is 20.2. The molecule has 44 heavy (non-hydrogen) atoms. The van der Waals surface area contributed by atoms with Crippen molar-refractivity contribution in [2.75, 3.05) is 13.4 Å². The van der Waals surface area contributed by atoms with E-state index in [1.54, 1.807) is 13.8 Å². The minimum absolute atomic E-state index is 0.0300. The number of carbonyl (C=O) groups is 1. The third-order valence-corrected chi connectivity index (χ3v) is 7.92. The molecule has 2 atom stereocenters. The van der Waals surface area contributed by atoms with E-state index in [1.807, 2.05) is 0 Å². The van der Waals surface area contributed by atoms with Gasteiger partial charge in [-0.25, -0.2) is 27.6 Å². The van der Waals surface area contributed by atoms with Gasteiger partial charge in [0.1, 0.15) is 17.7 Å². The molecule has 1 amide bonds. The van der Waals surface area contributed by atoms with E-state index in [1.165, 1.54) is 20.1 Å². The van der Waals surface area contributed by atoms with Crippen LogP contribution < -0.4 is 4.74 Å². The van der Waals surface area contributed by atoms with Crippen molar-refractivity contribution in [1.29, 1.82) is 0 Å². The van der Waals surface area contributed by atoms with E-state index < -0.39 is 74.6 Å². The molecular formula is C28H26F7N3O5S. The third-order valence-electron chi connectivity index (χ3n) is 7.06. The highest BCUT2D eigenvalue weighted by atomic mass is 32.2. The maximum atomic E-state index is 14.7. The number of hydrogen-bond acceptors (Lipinski definition) is 7. The van der Waals surface area contributed by atoms with Crippen molar-refractivity contribution in [2.45, 2.75) is 62.9 Å². The minimum Gasteiger partial charge on any atom is -0.496 e. The van der Waals surface area contributed by atoms with Crippen LogP contribution in [0.4, 0.5) is 35.5 Å². The van der Waals surface area contributed by atoms with Gasteiger partial charge in [0.05, 0.1) is 36.5 Å². The van der Waals surface area contributed by atoms with Crippen LogP contribution in [0.5, 0.6) is 5.75 Å². The minimum atomic E-state index is -5.12. The maximum absolute atomic E-state index is 14.7. The predicted octanol–water partition coefficient (Wildman–Crippen LogP) is 6.94. The van der Waals surface area contributed by atoms with Crippen LogP contribution in [-0.2, 0) is 33.5 Å². The largest absolute Gasteiger partial charge is 0.496 e. The Morgan fingerprint density at radius 3 is 2.09 bits per heavy atom. The number of cyclic esters (lactones) is 1. The number of rotatable bonds is 7. The van der Waals surface area contributed by atoms with Gasteiger partial charge in [-0.05, 0) is 48.2 Å². The van der Waals surface area contributed by atoms with Gasteiger partial charge in [0.2, 0.25) is 15.0 Å². The van der Waals surface area contributed by atoms with Gasteiger partial charge in [0.15, 0.2) is 0 Å². The van der Waals surface area contributed by atoms with Gasteiger partial charge in [0.25, 0.3) is 0 Å². The highest BCUT2D eigenvalue weighted by Crippen LogP contribution is 2.42. The number of alkyl halides is 6. The summed E-state index contributed by atoms with van der Waals surface area (Å²) >= 11 is 0. The first-order valence-electron chi connectivity index (χ1n) is 12.9. The van der Waals surface area contributed by atoms with Crippen LogP contribution in [0.25, 0.3) is 11.1 Å². The van der Waals surface area contributed by atoms with Gasteiger partial charge in [0, 0.05) is 29.6 Å². The first kappa shape index (κ1) is 33.0. The van der Waals surface area contributed by atoms with E-state index in [0.29, 0.717) is 12.1 Å². The Hall–Kier alpha value is -3.95. The molecule has 0 unspecified atom stereocenters. The summed E-state index contributed by atoms with van der Waals surface area (Å²) in [5.41, 5.74) is -3.12. The molecule has 16 heteroatoms. The Kier molecular flexibility index (Phi) is 8.63. The zero-order chi connectivity index (χ0) is 32.9. The molecule has 2 aromatic carbocycles. The predicted molar refractivity (Wildman–Crippen MR) is 142 cm³/mol. The van der Waals surface area contributed by atoms with Crippen molar-refractivity contribution >= 4 is 15.9 Å². The van der Waals surface area contributed by atoms with Crippen molar-refractivity contribution in [3.8, 4) is 16.9 Å². The fourth-order valence-electron chi connectivity index (χ4n) is 4.78. The van der Waals surface area contributed by atoms with Crippen LogP contribution in [0.2, 0.25) is 0 Å². The number of nitrogens with zero attached hydrogens (tertiary/aromatic N) is 3. The summed E-state index contributed by atoms with van der Waals surface area (Å²) in [5.74, 6) is -0.833. The number of benzene rings is 2. The molecule has 0 saturated carbocycles. The number of methoxy groups -OCH3 is 1. The zero-order valence-electron chi connectivity index (χ0n) is 23.8. The Morgan fingerprint density at radius 2 is 1.59 bits per heavy atom. The van der Waals surface area contributed by atoms with Crippen LogP contribution in [0, 0.1) is 5.82 Å². The number of halogens is 7. The summed E-state index contributed by atoms with van der Waals surface area (Å²) in [6.07, 6.45) is -10.9. The molecule has 1 aromatic heterocycles. The van der Waals surface area contributed by atoms with Gasteiger partial charge in [-0.15, -0.1) is 0 Å². The number of carbonyl (C=O) groups excluding carboxylic acids is 1. The number of sulfone groups is 1. The highest BCUT2D eigenvalue weighted by Gasteiger charge is 2.43. The number of amides is 1. The molecule has 1 saturated heterocycles. The van der Waals surface area contributed by atoms with E-state index in [2.05, 4.69) is 9.97 Å². The molecule has 238 valence electrons. The lowest BCUT2D eigenvalue weighted by Crippen LogP contribution is -2.32. The third kappa shape index (κ3) is 6.59. The molecule has 8 nitrogen and oxygen atoms in total. The number of hydrogen-bond donors (Lipinski definition) is 0. The SMILES string of the molecule is COc1cc(F)c(C(C)C)cc1-c1cnc(S(C)(=O)=O)nc1CN1C(=O)O[C@H](c2cc(C(F)(F)F)cc(C(F)(F)F)c2)[C@@H]1C. The second-order valence-electron chi connectivity index (χ2n) is 10.5. The fourth-order valence-corrected chi connectivity index (χ4v) is 5.30. The van der Waals surface area contributed by atoms with Crippen LogP contribution in [-0.4, -0.2) is 48.8 Å². The van der Waals surface area contributed by atoms with E-state index in [-0.39, 0.29) is 40.1 Å². The summed E-state index contributed by atoms with van der Waals surface area (Å²) in [6.45, 7) is 4.31. The molecule has 1 fully saturated rings. The maximum Gasteiger partial charge on any atom is 0.416 e. The molecule has 0 aliphatic carbocycles. The normalized spacial score (nSPS) is 17.8. The second-order valence-corrected chi connectivity index (χ2v) is 12.4. The second kappa shape index (κ2) is 11.5. The van der Waals surface area contributed by atoms with Crippen molar-refractivity contribution in [1.82, 2.24) is 14.9 Å². The molecule has 4 rings (SSSR count). The molecule has 3 aromatic rings. The summed E-state index contributed by atoms with van der Waals surface area (Å²) in [6, 6.07) is 2.34. The standard InChI is InChI=1S/C28H26F7N3O5S/c1-13(2)18-9-19(23(42-4)10-21(18)29)20-11-36-25(44(5,40)41)37-22(20)12-38-14(3)24(43-26(38)39)15-6-16(27(30,31)32)8-17(7-15)28(33,34)35/h6-11,13-14,24H,12H2,1-5H3/t14-,24-/m0/s1. The smallest absolute Gasteiger partial charge is 0.416 e. The van der Waals surface area contributed by atoms with Gasteiger partial charge in [-0.3, -0.25) is 4.90 Å². The van der Waals surface area contributed by atoms with Gasteiger partial charge in [-0.2, -0.15) is 26.3 Å². The van der Waals surface area contributed by atoms with E-state index >= 15 is 0 Å². The van der Waals surface area contributed by atoms with Gasteiger partial charge >= 0.3 is 18.4 Å². The zero-order valence-corrected chi connectivity index (χ0v) is 24.7. The molecule has 0 radical (unpaired) electrons. The van der Waals surface area contributed by atoms with Crippen molar-refractivity contribution < 1.29 is 53.4 Å². The summed E-state index contributed by atoms with van der Waals surface area (Å²) < 4.78 is 131. The fraction of sp³-hybridized carbons (Fsp3) is 0.393. The summed E-state index contributed by atoms with van der Waals surface area (Å²) in [4.78, 5) is 22.0. The van der Waals surface area contributed by atoms with Gasteiger partial charge < -0.3 is 9.47 Å². The molecule has 1 aliphatic rings. The molecule has 1 aliphatic heterocycles. The van der Waals surface area contributed by atoms with Crippen LogP contribution >= 0.6 is 0 Å². The molecule has 0 bridgehead atoms. The highest BCUT2D eigenvalue weighted by molar-refractivity contribution is 7.90. The lowest BCUT2D eigenvalue weighted by Gasteiger charge is -2.23. The number of ether oxygens (including phenoxy) is 2. The Morgan fingerprint density at radius 1 is 1.00 bits per heavy atom. The van der Waals surface area contributed by atoms with E-state index in [9.17, 15) is 43.9 Å². The van der Waals surface area contributed by atoms with Crippen LogP contribution in [0.3, 0.4) is 0 Å². The molecule has 0 N–H and O–H groups in total. The topological polar surface area (TPSA) is 98.7 Å². The average molecular weight is 650 g/mol. The Bertz CT molecular complexity index is 1680. The monoisotopic (exact) mass is 649 g/mol. The lowest BCUT2D eigenvalue weighted by molar-refractivity contribution is -0.143.